The Balaban J connectivity index is 1.72. The zero-order valence-corrected chi connectivity index (χ0v) is 18.0. The molecule has 3 rings (SSSR count). The average Bonchev–Trinajstić information content (AvgIpc) is 2.74. The van der Waals surface area contributed by atoms with Gasteiger partial charge in [0.25, 0.3) is 5.91 Å². The number of carbonyl (C=O) groups excluding carboxylic acids is 1. The molecule has 0 radical (unpaired) electrons. The first-order chi connectivity index (χ1) is 14.5. The van der Waals surface area contributed by atoms with E-state index in [9.17, 15) is 4.79 Å². The van der Waals surface area contributed by atoms with Crippen LogP contribution < -0.4 is 15.4 Å². The molecule has 1 saturated heterocycles. The van der Waals surface area contributed by atoms with Crippen molar-refractivity contribution in [1.82, 2.24) is 10.2 Å². The summed E-state index contributed by atoms with van der Waals surface area (Å²) in [5.41, 5.74) is 2.30. The molecule has 2 aromatic carbocycles. The topological polar surface area (TPSA) is 75.2 Å². The number of methoxy groups -OCH3 is 1. The maximum absolute atomic E-state index is 12.7. The number of nitrogens with one attached hydrogen (secondary N) is 2. The van der Waals surface area contributed by atoms with E-state index in [-0.39, 0.29) is 5.91 Å². The molecule has 0 saturated carbocycles. The van der Waals surface area contributed by atoms with Crippen LogP contribution in [0.1, 0.15) is 15.9 Å². The first-order valence-corrected chi connectivity index (χ1v) is 10.3. The van der Waals surface area contributed by atoms with Gasteiger partial charge in [-0.1, -0.05) is 29.3 Å². The first-order valence-electron chi connectivity index (χ1n) is 9.88. The lowest BCUT2D eigenvalue weighted by Gasteiger charge is -2.25. The van der Waals surface area contributed by atoms with Crippen LogP contribution in [0.15, 0.2) is 47.5 Å². The minimum atomic E-state index is -0.226. The monoisotopic (exact) mass is 430 g/mol. The summed E-state index contributed by atoms with van der Waals surface area (Å²) >= 11 is 6.23. The average molecular weight is 431 g/mol. The highest BCUT2D eigenvalue weighted by atomic mass is 35.5. The number of benzene rings is 2. The molecular formula is C22H27ClN4O3. The molecule has 1 aliphatic heterocycles. The van der Waals surface area contributed by atoms with Gasteiger partial charge in [0.05, 0.1) is 31.9 Å². The lowest BCUT2D eigenvalue weighted by molar-refractivity contribution is 0.0394. The molecular weight excluding hydrogens is 404 g/mol. The predicted octanol–water partition coefficient (Wildman–Crippen LogP) is 3.19. The van der Waals surface area contributed by atoms with Crippen LogP contribution in [-0.2, 0) is 4.74 Å². The van der Waals surface area contributed by atoms with Gasteiger partial charge in [0, 0.05) is 30.9 Å². The van der Waals surface area contributed by atoms with E-state index in [1.165, 1.54) is 0 Å². The van der Waals surface area contributed by atoms with E-state index in [2.05, 4.69) is 20.5 Å². The zero-order chi connectivity index (χ0) is 21.3. The fourth-order valence-corrected chi connectivity index (χ4v) is 3.34. The first kappa shape index (κ1) is 22.1. The summed E-state index contributed by atoms with van der Waals surface area (Å²) in [6.07, 6.45) is 0. The van der Waals surface area contributed by atoms with Crippen molar-refractivity contribution in [3.63, 3.8) is 0 Å². The summed E-state index contributed by atoms with van der Waals surface area (Å²) in [6.45, 7) is 6.54. The van der Waals surface area contributed by atoms with Gasteiger partial charge in [-0.15, -0.1) is 0 Å². The highest BCUT2D eigenvalue weighted by Crippen LogP contribution is 2.27. The summed E-state index contributed by atoms with van der Waals surface area (Å²) in [5, 5.41) is 6.51. The van der Waals surface area contributed by atoms with Crippen molar-refractivity contribution in [2.24, 2.45) is 4.99 Å². The largest absolute Gasteiger partial charge is 0.495 e. The van der Waals surface area contributed by atoms with Crippen LogP contribution in [0.5, 0.6) is 5.75 Å². The number of hydrogen-bond acceptors (Lipinski definition) is 5. The Morgan fingerprint density at radius 1 is 1.23 bits per heavy atom. The number of rotatable bonds is 6. The van der Waals surface area contributed by atoms with Crippen molar-refractivity contribution >= 4 is 29.2 Å². The molecule has 0 aromatic heterocycles. The summed E-state index contributed by atoms with van der Waals surface area (Å²) in [7, 11) is 1.56. The molecule has 30 heavy (non-hydrogen) atoms. The third-order valence-corrected chi connectivity index (χ3v) is 5.01. The Morgan fingerprint density at radius 2 is 2.03 bits per heavy atom. The normalized spacial score (nSPS) is 15.0. The number of aryl methyl sites for hydroxylation is 1. The van der Waals surface area contributed by atoms with Gasteiger partial charge >= 0.3 is 0 Å². The third-order valence-electron chi connectivity index (χ3n) is 4.72. The second kappa shape index (κ2) is 11.0. The molecule has 2 N–H and O–H groups in total. The van der Waals surface area contributed by atoms with Crippen LogP contribution in [-0.4, -0.2) is 63.3 Å². The number of guanidine groups is 1. The van der Waals surface area contributed by atoms with E-state index in [1.807, 2.05) is 31.2 Å². The summed E-state index contributed by atoms with van der Waals surface area (Å²) in [6, 6.07) is 12.7. The maximum Gasteiger partial charge on any atom is 0.257 e. The van der Waals surface area contributed by atoms with E-state index in [0.29, 0.717) is 34.5 Å². The Kier molecular flexibility index (Phi) is 8.07. The molecule has 1 aliphatic rings. The Labute approximate surface area is 182 Å². The molecule has 1 amide bonds. The maximum atomic E-state index is 12.7. The molecule has 2 aromatic rings. The summed E-state index contributed by atoms with van der Waals surface area (Å²) in [4.78, 5) is 19.6. The highest BCUT2D eigenvalue weighted by Gasteiger charge is 2.12. The van der Waals surface area contributed by atoms with E-state index < -0.39 is 0 Å². The van der Waals surface area contributed by atoms with Crippen LogP contribution in [0.4, 0.5) is 5.69 Å². The van der Waals surface area contributed by atoms with E-state index in [0.717, 1.165) is 38.4 Å². The van der Waals surface area contributed by atoms with Crippen molar-refractivity contribution in [3.8, 4) is 5.75 Å². The van der Waals surface area contributed by atoms with Gasteiger partial charge in [0.1, 0.15) is 5.75 Å². The number of morpholine rings is 1. The molecule has 160 valence electrons. The van der Waals surface area contributed by atoms with Gasteiger partial charge in [-0.2, -0.15) is 0 Å². The smallest absolute Gasteiger partial charge is 0.257 e. The van der Waals surface area contributed by atoms with E-state index >= 15 is 0 Å². The standard InChI is InChI=1S/C22H27ClN4O3/c1-16-4-3-5-17(14-16)21(28)26-22(24-8-9-27-10-12-30-13-11-27)25-18-6-7-20(29-2)19(23)15-18/h3-7,14-15H,8-13H2,1-2H3,(H2,24,25,26,28). The van der Waals surface area contributed by atoms with Gasteiger partial charge in [0.15, 0.2) is 0 Å². The van der Waals surface area contributed by atoms with Gasteiger partial charge in [0.2, 0.25) is 5.96 Å². The Morgan fingerprint density at radius 3 is 2.73 bits per heavy atom. The number of ether oxygens (including phenoxy) is 2. The quantitative estimate of drug-likeness (QED) is 0.543. The van der Waals surface area contributed by atoms with Crippen molar-refractivity contribution in [1.29, 1.82) is 0 Å². The molecule has 0 aliphatic carbocycles. The summed E-state index contributed by atoms with van der Waals surface area (Å²) < 4.78 is 10.6. The number of carbonyl (C=O) groups is 1. The molecule has 8 heteroatoms. The molecule has 0 atom stereocenters. The lowest BCUT2D eigenvalue weighted by atomic mass is 10.1. The fourth-order valence-electron chi connectivity index (χ4n) is 3.09. The van der Waals surface area contributed by atoms with Crippen molar-refractivity contribution in [3.05, 3.63) is 58.6 Å². The van der Waals surface area contributed by atoms with Crippen molar-refractivity contribution in [2.45, 2.75) is 6.92 Å². The second-order valence-electron chi connectivity index (χ2n) is 6.98. The van der Waals surface area contributed by atoms with Crippen molar-refractivity contribution in [2.75, 3.05) is 51.8 Å². The second-order valence-corrected chi connectivity index (χ2v) is 7.39. The van der Waals surface area contributed by atoms with Crippen molar-refractivity contribution < 1.29 is 14.3 Å². The number of nitrogens with zero attached hydrogens (tertiary/aromatic N) is 2. The van der Waals surface area contributed by atoms with Gasteiger partial charge < -0.3 is 14.8 Å². The van der Waals surface area contributed by atoms with E-state index in [4.69, 9.17) is 21.1 Å². The van der Waals surface area contributed by atoms with Crippen LogP contribution in [0.3, 0.4) is 0 Å². The number of aliphatic imine (C=N–C) groups is 1. The molecule has 1 fully saturated rings. The molecule has 0 bridgehead atoms. The third kappa shape index (κ3) is 6.45. The fraction of sp³-hybridized carbons (Fsp3) is 0.364. The minimum absolute atomic E-state index is 0.226. The van der Waals surface area contributed by atoms with Gasteiger partial charge in [-0.05, 0) is 37.3 Å². The van der Waals surface area contributed by atoms with Crippen LogP contribution >= 0.6 is 11.6 Å². The van der Waals surface area contributed by atoms with Gasteiger partial charge in [-0.25, -0.2) is 0 Å². The van der Waals surface area contributed by atoms with Gasteiger partial charge in [-0.3, -0.25) is 20.0 Å². The van der Waals surface area contributed by atoms with Crippen LogP contribution in [0, 0.1) is 6.92 Å². The van der Waals surface area contributed by atoms with E-state index in [1.54, 1.807) is 25.3 Å². The number of hydrogen-bond donors (Lipinski definition) is 2. The number of anilines is 1. The predicted molar refractivity (Wildman–Crippen MR) is 120 cm³/mol. The molecule has 1 heterocycles. The molecule has 7 nitrogen and oxygen atoms in total. The lowest BCUT2D eigenvalue weighted by Crippen LogP contribution is -2.39. The molecule has 0 spiro atoms. The number of amides is 1. The number of halogens is 1. The van der Waals surface area contributed by atoms with Crippen LogP contribution in [0.2, 0.25) is 5.02 Å². The molecule has 0 unspecified atom stereocenters. The Hall–Kier alpha value is -2.61. The SMILES string of the molecule is COc1ccc(NC(=NCCN2CCOCC2)NC(=O)c2cccc(C)c2)cc1Cl. The minimum Gasteiger partial charge on any atom is -0.495 e. The van der Waals surface area contributed by atoms with Crippen LogP contribution in [0.25, 0.3) is 0 Å². The highest BCUT2D eigenvalue weighted by molar-refractivity contribution is 6.32. The summed E-state index contributed by atoms with van der Waals surface area (Å²) in [5.74, 6) is 0.726. The Bertz CT molecular complexity index is 898. The zero-order valence-electron chi connectivity index (χ0n) is 17.3.